The number of nitrogens with two attached hydrogens (primary N) is 1. The molecule has 2 heterocycles. The van der Waals surface area contributed by atoms with Crippen LogP contribution in [0, 0.1) is 11.3 Å². The second-order valence-corrected chi connectivity index (χ2v) is 2.99. The Bertz CT molecular complexity index is 494. The summed E-state index contributed by atoms with van der Waals surface area (Å²) in [6, 6.07) is 7.51. The average molecular weight is 199 g/mol. The summed E-state index contributed by atoms with van der Waals surface area (Å²) in [4.78, 5) is 4.12. The number of aromatic nitrogens is 3. The van der Waals surface area contributed by atoms with Crippen molar-refractivity contribution in [3.05, 3.63) is 36.2 Å². The van der Waals surface area contributed by atoms with Crippen molar-refractivity contribution in [2.45, 2.75) is 6.42 Å². The van der Waals surface area contributed by atoms with E-state index in [0.29, 0.717) is 11.6 Å². The van der Waals surface area contributed by atoms with E-state index in [-0.39, 0.29) is 6.42 Å². The number of anilines is 1. The number of nitriles is 1. The molecule has 5 nitrogen and oxygen atoms in total. The molecule has 0 unspecified atom stereocenters. The third kappa shape index (κ3) is 1.65. The Labute approximate surface area is 86.8 Å². The first kappa shape index (κ1) is 9.21. The fourth-order valence-corrected chi connectivity index (χ4v) is 1.27. The van der Waals surface area contributed by atoms with Crippen molar-refractivity contribution >= 4 is 5.82 Å². The number of nitrogens with zero attached hydrogens (tertiary/aromatic N) is 4. The van der Waals surface area contributed by atoms with Gasteiger partial charge in [-0.3, -0.25) is 0 Å². The van der Waals surface area contributed by atoms with E-state index in [9.17, 15) is 0 Å². The van der Waals surface area contributed by atoms with Crippen LogP contribution in [0.4, 0.5) is 5.82 Å². The zero-order chi connectivity index (χ0) is 10.7. The molecule has 15 heavy (non-hydrogen) atoms. The van der Waals surface area contributed by atoms with Gasteiger partial charge in [0, 0.05) is 11.8 Å². The average Bonchev–Trinajstić information content (AvgIpc) is 2.63. The molecule has 0 amide bonds. The molecule has 2 aromatic heterocycles. The van der Waals surface area contributed by atoms with Crippen LogP contribution >= 0.6 is 0 Å². The van der Waals surface area contributed by atoms with Crippen molar-refractivity contribution in [2.75, 3.05) is 5.73 Å². The molecule has 0 fully saturated rings. The Balaban J connectivity index is 2.43. The minimum Gasteiger partial charge on any atom is -0.383 e. The van der Waals surface area contributed by atoms with Crippen LogP contribution in [-0.4, -0.2) is 14.8 Å². The van der Waals surface area contributed by atoms with Gasteiger partial charge in [0.2, 0.25) is 0 Å². The Morgan fingerprint density at radius 3 is 3.00 bits per heavy atom. The minimum atomic E-state index is 0.263. The maximum Gasteiger partial charge on any atom is 0.155 e. The molecule has 0 spiro atoms. The topological polar surface area (TPSA) is 80.5 Å². The lowest BCUT2D eigenvalue weighted by molar-refractivity contribution is 0.857. The first-order chi connectivity index (χ1) is 7.33. The highest BCUT2D eigenvalue weighted by Gasteiger charge is 2.08. The monoisotopic (exact) mass is 199 g/mol. The van der Waals surface area contributed by atoms with Crippen LogP contribution in [0.2, 0.25) is 0 Å². The lowest BCUT2D eigenvalue weighted by atomic mass is 10.2. The Hall–Kier alpha value is -2.35. The molecular formula is C10H9N5. The molecule has 0 bridgehead atoms. The molecule has 0 saturated carbocycles. The van der Waals surface area contributed by atoms with Crippen molar-refractivity contribution in [1.29, 1.82) is 5.26 Å². The van der Waals surface area contributed by atoms with E-state index < -0.39 is 0 Å². The first-order valence-corrected chi connectivity index (χ1v) is 4.43. The molecule has 2 aromatic rings. The van der Waals surface area contributed by atoms with Crippen molar-refractivity contribution in [1.82, 2.24) is 14.8 Å². The summed E-state index contributed by atoms with van der Waals surface area (Å²) < 4.78 is 1.52. The predicted octanol–water partition coefficient (Wildman–Crippen LogP) is 0.916. The summed E-state index contributed by atoms with van der Waals surface area (Å²) in [6.07, 6.45) is 3.52. The highest BCUT2D eigenvalue weighted by atomic mass is 15.3. The lowest BCUT2D eigenvalue weighted by Crippen LogP contribution is -2.04. The molecule has 0 saturated heterocycles. The van der Waals surface area contributed by atoms with Crippen LogP contribution in [-0.2, 0) is 6.42 Å². The Morgan fingerprint density at radius 2 is 2.33 bits per heavy atom. The van der Waals surface area contributed by atoms with Crippen LogP contribution in [0.3, 0.4) is 0 Å². The van der Waals surface area contributed by atoms with Gasteiger partial charge in [0.1, 0.15) is 5.82 Å². The van der Waals surface area contributed by atoms with E-state index in [0.717, 1.165) is 5.56 Å². The fraction of sp³-hybridized carbons (Fsp3) is 0.100. The lowest BCUT2D eigenvalue weighted by Gasteiger charge is -2.02. The maximum absolute atomic E-state index is 8.57. The van der Waals surface area contributed by atoms with Gasteiger partial charge in [0.15, 0.2) is 5.82 Å². The predicted molar refractivity (Wildman–Crippen MR) is 55.1 cm³/mol. The molecule has 5 heteroatoms. The normalized spacial score (nSPS) is 9.80. The van der Waals surface area contributed by atoms with Crippen molar-refractivity contribution < 1.29 is 0 Å². The van der Waals surface area contributed by atoms with Gasteiger partial charge in [0.25, 0.3) is 0 Å². The fourth-order valence-electron chi connectivity index (χ4n) is 1.27. The van der Waals surface area contributed by atoms with E-state index >= 15 is 0 Å². The summed E-state index contributed by atoms with van der Waals surface area (Å²) in [5.41, 5.74) is 6.56. The maximum atomic E-state index is 8.57. The molecule has 74 valence electrons. The zero-order valence-electron chi connectivity index (χ0n) is 7.96. The van der Waals surface area contributed by atoms with Gasteiger partial charge in [-0.15, -0.1) is 0 Å². The Kier molecular flexibility index (Phi) is 2.33. The summed E-state index contributed by atoms with van der Waals surface area (Å²) in [5.74, 6) is 1.12. The van der Waals surface area contributed by atoms with E-state index in [1.807, 2.05) is 18.2 Å². The van der Waals surface area contributed by atoms with Crippen LogP contribution in [0.15, 0.2) is 30.6 Å². The van der Waals surface area contributed by atoms with Gasteiger partial charge < -0.3 is 5.73 Å². The third-order valence-corrected chi connectivity index (χ3v) is 2.02. The highest BCUT2D eigenvalue weighted by molar-refractivity contribution is 5.45. The summed E-state index contributed by atoms with van der Waals surface area (Å²) in [5, 5.41) is 12.6. The number of pyridine rings is 1. The van der Waals surface area contributed by atoms with Gasteiger partial charge >= 0.3 is 0 Å². The number of rotatable bonds is 2. The molecule has 0 radical (unpaired) electrons. The zero-order valence-corrected chi connectivity index (χ0v) is 7.96. The smallest absolute Gasteiger partial charge is 0.155 e. The molecule has 0 aromatic carbocycles. The Morgan fingerprint density at radius 1 is 1.47 bits per heavy atom. The number of hydrogen-bond acceptors (Lipinski definition) is 4. The van der Waals surface area contributed by atoms with E-state index in [1.165, 1.54) is 4.68 Å². The quantitative estimate of drug-likeness (QED) is 0.779. The van der Waals surface area contributed by atoms with Crippen LogP contribution in [0.1, 0.15) is 5.56 Å². The van der Waals surface area contributed by atoms with Crippen molar-refractivity contribution in [3.63, 3.8) is 0 Å². The summed E-state index contributed by atoms with van der Waals surface area (Å²) in [7, 11) is 0. The number of hydrogen-bond donors (Lipinski definition) is 1. The second kappa shape index (κ2) is 3.80. The second-order valence-electron chi connectivity index (χ2n) is 2.99. The van der Waals surface area contributed by atoms with Gasteiger partial charge in [-0.05, 0) is 12.1 Å². The van der Waals surface area contributed by atoms with E-state index in [1.54, 1.807) is 18.5 Å². The molecule has 0 aliphatic carbocycles. The van der Waals surface area contributed by atoms with E-state index in [4.69, 9.17) is 11.0 Å². The van der Waals surface area contributed by atoms with Gasteiger partial charge in [-0.25, -0.2) is 4.98 Å². The summed E-state index contributed by atoms with van der Waals surface area (Å²) >= 11 is 0. The van der Waals surface area contributed by atoms with Gasteiger partial charge in [-0.1, -0.05) is 6.07 Å². The highest BCUT2D eigenvalue weighted by Crippen LogP contribution is 2.15. The number of nitrogen functional groups attached to an aromatic ring is 1. The molecule has 2 N–H and O–H groups in total. The third-order valence-electron chi connectivity index (χ3n) is 2.02. The molecular weight excluding hydrogens is 190 g/mol. The van der Waals surface area contributed by atoms with Crippen molar-refractivity contribution in [2.24, 2.45) is 0 Å². The summed E-state index contributed by atoms with van der Waals surface area (Å²) in [6.45, 7) is 0. The molecule has 2 rings (SSSR count). The van der Waals surface area contributed by atoms with Crippen LogP contribution in [0.5, 0.6) is 0 Å². The standard InChI is InChI=1S/C10H9N5/c11-5-4-8-7-14-15(10(8)12)9-3-1-2-6-13-9/h1-3,6-7H,4,12H2. The van der Waals surface area contributed by atoms with Crippen LogP contribution in [0.25, 0.3) is 5.82 Å². The molecule has 0 aliphatic rings. The molecule has 0 atom stereocenters. The van der Waals surface area contributed by atoms with Crippen LogP contribution < -0.4 is 5.73 Å². The first-order valence-electron chi connectivity index (χ1n) is 4.43. The van der Waals surface area contributed by atoms with Crippen molar-refractivity contribution in [3.8, 4) is 11.9 Å². The van der Waals surface area contributed by atoms with Gasteiger partial charge in [-0.2, -0.15) is 15.0 Å². The van der Waals surface area contributed by atoms with Gasteiger partial charge in [0.05, 0.1) is 18.7 Å². The molecule has 0 aliphatic heterocycles. The SMILES string of the molecule is N#CCc1cnn(-c2ccccn2)c1N. The van der Waals surface area contributed by atoms with E-state index in [2.05, 4.69) is 10.1 Å². The largest absolute Gasteiger partial charge is 0.383 e. The minimum absolute atomic E-state index is 0.263.